The average Bonchev–Trinajstić information content (AvgIpc) is 3.28. The summed E-state index contributed by atoms with van der Waals surface area (Å²) in [5.74, 6) is -8.44. The first-order valence-corrected chi connectivity index (χ1v) is 23.9. The maximum Gasteiger partial charge on any atom is 0.329 e. The Kier molecular flexibility index (Phi) is 20.9. The lowest BCUT2D eigenvalue weighted by Crippen LogP contribution is -2.61. The van der Waals surface area contributed by atoms with Gasteiger partial charge in [0.25, 0.3) is 11.7 Å². The summed E-state index contributed by atoms with van der Waals surface area (Å²) in [7, 11) is 4.42. The minimum Gasteiger partial charge on any atom is -0.460 e. The molecule has 3 heterocycles. The highest BCUT2D eigenvalue weighted by atomic mass is 19.1. The first-order valence-electron chi connectivity index (χ1n) is 23.9. The number of aliphatic hydroxyl groups is 2. The van der Waals surface area contributed by atoms with Crippen LogP contribution in [-0.2, 0) is 47.7 Å². The van der Waals surface area contributed by atoms with E-state index in [1.807, 2.05) is 51.2 Å². The van der Waals surface area contributed by atoms with Crippen LogP contribution in [0.15, 0.2) is 47.6 Å². The van der Waals surface area contributed by atoms with Crippen LogP contribution in [0.1, 0.15) is 126 Å². The lowest BCUT2D eigenvalue weighted by atomic mass is 9.78. The number of amides is 1. The highest BCUT2D eigenvalue weighted by molar-refractivity contribution is 6.39. The number of allylic oxidation sites excluding steroid dienone is 6. The van der Waals surface area contributed by atoms with E-state index < -0.39 is 83.9 Å². The second-order valence-electron chi connectivity index (χ2n) is 19.5. The number of hydrogen-bond donors (Lipinski definition) is 2. The van der Waals surface area contributed by atoms with Gasteiger partial charge in [-0.05, 0) is 107 Å². The van der Waals surface area contributed by atoms with Crippen molar-refractivity contribution in [3.05, 3.63) is 47.6 Å². The third-order valence-corrected chi connectivity index (χ3v) is 14.4. The Morgan fingerprint density at radius 2 is 1.60 bits per heavy atom. The van der Waals surface area contributed by atoms with E-state index in [1.54, 1.807) is 35.0 Å². The molecule has 3 unspecified atom stereocenters. The molecule has 15 atom stereocenters. The summed E-state index contributed by atoms with van der Waals surface area (Å²) in [6.07, 6.45) is 9.94. The van der Waals surface area contributed by atoms with Gasteiger partial charge in [-0.15, -0.1) is 0 Å². The molecule has 0 aromatic carbocycles. The minimum absolute atomic E-state index is 0.0215. The number of hydrogen-bond acceptors (Lipinski definition) is 12. The Bertz CT molecular complexity index is 1760. The average molecular weight is 916 g/mol. The van der Waals surface area contributed by atoms with Gasteiger partial charge >= 0.3 is 5.97 Å². The lowest BCUT2D eigenvalue weighted by molar-refractivity contribution is -0.265. The molecule has 2 bridgehead atoms. The number of Topliss-reactive ketones (excluding diaryl/α,β-unsaturated/α-hetero) is 3. The number of alkyl halides is 1. The number of rotatable bonds is 6. The first-order chi connectivity index (χ1) is 30.7. The Balaban J connectivity index is 1.70. The molecule has 4 aliphatic rings. The Morgan fingerprint density at radius 1 is 0.877 bits per heavy atom. The molecule has 14 heteroatoms. The number of esters is 1. The van der Waals surface area contributed by atoms with E-state index in [0.717, 1.165) is 5.57 Å². The van der Waals surface area contributed by atoms with E-state index in [1.165, 1.54) is 25.0 Å². The number of piperidine rings is 1. The molecule has 0 aromatic rings. The van der Waals surface area contributed by atoms with Crippen LogP contribution >= 0.6 is 0 Å². The number of carbonyl (C=O) groups is 5. The molecule has 0 radical (unpaired) electrons. The van der Waals surface area contributed by atoms with Gasteiger partial charge in [0, 0.05) is 58.5 Å². The zero-order valence-electron chi connectivity index (χ0n) is 40.5. The lowest BCUT2D eigenvalue weighted by Gasteiger charge is -2.42. The van der Waals surface area contributed by atoms with Crippen molar-refractivity contribution in [1.82, 2.24) is 4.90 Å². The normalized spacial score (nSPS) is 40.4. The largest absolute Gasteiger partial charge is 0.460 e. The van der Waals surface area contributed by atoms with Crippen molar-refractivity contribution in [3.8, 4) is 0 Å². The van der Waals surface area contributed by atoms with Crippen LogP contribution in [0.4, 0.5) is 4.39 Å². The smallest absolute Gasteiger partial charge is 0.329 e. The molecule has 0 aromatic heterocycles. The fraction of sp³-hybridized carbons (Fsp3) is 0.745. The van der Waals surface area contributed by atoms with E-state index in [4.69, 9.17) is 23.7 Å². The van der Waals surface area contributed by atoms with Crippen molar-refractivity contribution in [1.29, 1.82) is 0 Å². The number of aliphatic hydroxyl groups excluding tert-OH is 1. The number of ether oxygens (including phenoxy) is 5. The summed E-state index contributed by atoms with van der Waals surface area (Å²) in [5.41, 5.74) is 1.03. The molecule has 1 aliphatic carbocycles. The second-order valence-corrected chi connectivity index (χ2v) is 19.5. The van der Waals surface area contributed by atoms with Crippen molar-refractivity contribution in [2.24, 2.45) is 35.5 Å². The Hall–Kier alpha value is -3.40. The number of nitrogens with zero attached hydrogens (tertiary/aromatic N) is 1. The van der Waals surface area contributed by atoms with E-state index in [2.05, 4.69) is 0 Å². The topological polar surface area (TPSA) is 175 Å². The third kappa shape index (κ3) is 14.3. The predicted octanol–water partition coefficient (Wildman–Crippen LogP) is 7.16. The summed E-state index contributed by atoms with van der Waals surface area (Å²) < 4.78 is 45.4. The molecule has 4 rings (SSSR count). The van der Waals surface area contributed by atoms with E-state index in [9.17, 15) is 34.2 Å². The number of fused-ring (bicyclic) bond motifs is 3. The van der Waals surface area contributed by atoms with Gasteiger partial charge in [-0.1, -0.05) is 71.1 Å². The number of cyclic esters (lactones) is 1. The van der Waals surface area contributed by atoms with Gasteiger partial charge in [-0.3, -0.25) is 19.2 Å². The van der Waals surface area contributed by atoms with E-state index >= 15 is 4.39 Å². The van der Waals surface area contributed by atoms with Crippen LogP contribution < -0.4 is 0 Å². The Morgan fingerprint density at radius 3 is 2.28 bits per heavy atom. The second kappa shape index (κ2) is 25.1. The molecule has 0 spiro atoms. The van der Waals surface area contributed by atoms with Crippen molar-refractivity contribution >= 4 is 29.2 Å². The maximum atomic E-state index is 16.2. The molecule has 2 N–H and O–H groups in total. The molecule has 3 fully saturated rings. The van der Waals surface area contributed by atoms with Gasteiger partial charge in [0.15, 0.2) is 18.1 Å². The molecule has 2 saturated heterocycles. The van der Waals surface area contributed by atoms with Gasteiger partial charge in [0.2, 0.25) is 5.79 Å². The number of methoxy groups -OCH3 is 3. The van der Waals surface area contributed by atoms with Crippen LogP contribution in [0.2, 0.25) is 0 Å². The highest BCUT2D eigenvalue weighted by Crippen LogP contribution is 2.38. The van der Waals surface area contributed by atoms with Gasteiger partial charge in [-0.2, -0.15) is 0 Å². The molecular formula is C51H78FNO12. The highest BCUT2D eigenvalue weighted by Gasteiger charge is 2.53. The number of ketones is 3. The van der Waals surface area contributed by atoms with Crippen molar-refractivity contribution in [3.63, 3.8) is 0 Å². The van der Waals surface area contributed by atoms with Gasteiger partial charge in [-0.25, -0.2) is 9.18 Å². The van der Waals surface area contributed by atoms with E-state index in [-0.39, 0.29) is 60.4 Å². The van der Waals surface area contributed by atoms with Crippen LogP contribution in [0.25, 0.3) is 0 Å². The zero-order chi connectivity index (χ0) is 48.2. The third-order valence-electron chi connectivity index (χ3n) is 14.4. The minimum atomic E-state index is -2.44. The number of halogens is 1. The van der Waals surface area contributed by atoms with Crippen molar-refractivity contribution < 1.29 is 62.3 Å². The molecule has 65 heavy (non-hydrogen) atoms. The summed E-state index contributed by atoms with van der Waals surface area (Å²) in [6, 6.07) is -1.16. The SMILES string of the molecule is CO[C@H]1CC2CC[C@@H](C)[C@@](O)(O2)C(=O)C(=O)N2CCCCC2C(=O)O[C@H]([C@H](C)C[C@@H]2CCC(O)[C@H](OC)C2)CC(=O)[C@H](C)/C=C(\C)[C@@H](F)[C@@H](OC)C(=O)[C@H](C)C[C@H](C)/C=C/C=C/C=C/1C. The summed E-state index contributed by atoms with van der Waals surface area (Å²) in [6.45, 7) is 12.4. The monoisotopic (exact) mass is 916 g/mol. The van der Waals surface area contributed by atoms with Crippen molar-refractivity contribution in [2.75, 3.05) is 27.9 Å². The molecule has 1 amide bonds. The summed E-state index contributed by atoms with van der Waals surface area (Å²) in [5, 5.41) is 22.4. The van der Waals surface area contributed by atoms with Crippen LogP contribution in [-0.4, -0.2) is 127 Å². The zero-order valence-corrected chi connectivity index (χ0v) is 40.5. The molecule has 1 saturated carbocycles. The van der Waals surface area contributed by atoms with Crippen molar-refractivity contribution in [2.45, 2.75) is 180 Å². The molecular weight excluding hydrogens is 838 g/mol. The van der Waals surface area contributed by atoms with E-state index in [0.29, 0.717) is 64.2 Å². The summed E-state index contributed by atoms with van der Waals surface area (Å²) >= 11 is 0. The van der Waals surface area contributed by atoms with Gasteiger partial charge in [0.05, 0.1) is 24.4 Å². The number of carbonyl (C=O) groups excluding carboxylic acids is 5. The molecule has 13 nitrogen and oxygen atoms in total. The van der Waals surface area contributed by atoms with Gasteiger partial charge in [0.1, 0.15) is 17.9 Å². The maximum absolute atomic E-state index is 16.2. The molecule has 366 valence electrons. The van der Waals surface area contributed by atoms with Crippen LogP contribution in [0.5, 0.6) is 0 Å². The predicted molar refractivity (Wildman–Crippen MR) is 244 cm³/mol. The van der Waals surface area contributed by atoms with Crippen LogP contribution in [0.3, 0.4) is 0 Å². The van der Waals surface area contributed by atoms with Crippen LogP contribution in [0, 0.1) is 35.5 Å². The standard InChI is InChI=1S/C51H78FNO12/c1-30-16-12-11-13-17-31(2)42(61-8)28-38-21-19-36(7)51(60,65-38)48(57)49(58)53-23-15-14-18-39(53)50(59)64-43(33(4)26-37-20-22-40(54)44(27-37)62-9)29-41(55)32(3)25-34(5)45(52)47(63-10)46(56)35(6)24-30/h11-13,16-17,25,30,32-33,35-40,42-45,47,54,60H,14-15,18-24,26-29H2,1-10H3/b13-11+,16-12+,31-17+,34-25+/t30-,32-,33-,35-,36-,37+,38?,39?,40?,42+,43+,44-,45-,47-,51-/m1/s1. The molecule has 3 aliphatic heterocycles. The fourth-order valence-electron chi connectivity index (χ4n) is 10.1. The fourth-order valence-corrected chi connectivity index (χ4v) is 10.1. The Labute approximate surface area is 386 Å². The first kappa shape index (κ1) is 54.2. The quantitative estimate of drug-likeness (QED) is 0.157. The summed E-state index contributed by atoms with van der Waals surface area (Å²) in [4.78, 5) is 71.6. The van der Waals surface area contributed by atoms with Gasteiger partial charge < -0.3 is 38.8 Å².